The van der Waals surface area contributed by atoms with E-state index in [-0.39, 0.29) is 28.5 Å². The number of hydrogen-bond acceptors (Lipinski definition) is 6. The quantitative estimate of drug-likeness (QED) is 0.262. The van der Waals surface area contributed by atoms with Crippen LogP contribution in [0.15, 0.2) is 64.0 Å². The van der Waals surface area contributed by atoms with Crippen molar-refractivity contribution in [3.05, 3.63) is 75.1 Å². The Morgan fingerprint density at radius 1 is 1.26 bits per heavy atom. The highest BCUT2D eigenvalue weighted by atomic mass is 79.9. The molecular weight excluding hydrogens is 480 g/mol. The van der Waals surface area contributed by atoms with Crippen LogP contribution in [0.3, 0.4) is 0 Å². The molecule has 1 aromatic heterocycles. The van der Waals surface area contributed by atoms with Crippen molar-refractivity contribution in [2.45, 2.75) is 6.92 Å². The van der Waals surface area contributed by atoms with E-state index < -0.39 is 11.9 Å². The fraction of sp³-hybridized carbons (Fsp3) is 0.0870. The maximum absolute atomic E-state index is 12.8. The normalized spacial score (nSPS) is 10.9. The second kappa shape index (κ2) is 10.1. The van der Waals surface area contributed by atoms with Crippen molar-refractivity contribution < 1.29 is 19.4 Å². The lowest BCUT2D eigenvalue weighted by atomic mass is 10.0. The predicted molar refractivity (Wildman–Crippen MR) is 124 cm³/mol. The molecule has 6 nitrogen and oxygen atoms in total. The number of benzene rings is 2. The molecule has 0 atom stereocenters. The summed E-state index contributed by atoms with van der Waals surface area (Å²) in [6.07, 6.45) is 1.28. The first kappa shape index (κ1) is 22.3. The number of hydrogen-bond donors (Lipinski definition) is 2. The van der Waals surface area contributed by atoms with Crippen molar-refractivity contribution in [1.82, 2.24) is 0 Å². The molecular formula is C23H17BrN2O4S. The molecule has 2 aromatic carbocycles. The number of esters is 1. The van der Waals surface area contributed by atoms with Gasteiger partial charge >= 0.3 is 5.97 Å². The molecule has 31 heavy (non-hydrogen) atoms. The Balaban J connectivity index is 1.97. The molecule has 0 saturated heterocycles. The zero-order chi connectivity index (χ0) is 22.4. The molecule has 0 aliphatic carbocycles. The number of nitrogens with zero attached hydrogens (tertiary/aromatic N) is 1. The highest BCUT2D eigenvalue weighted by molar-refractivity contribution is 9.10. The lowest BCUT2D eigenvalue weighted by Gasteiger charge is -2.09. The molecule has 0 radical (unpaired) electrons. The van der Waals surface area contributed by atoms with Gasteiger partial charge in [0.2, 0.25) is 0 Å². The molecule has 8 heteroatoms. The molecule has 0 bridgehead atoms. The van der Waals surface area contributed by atoms with Gasteiger partial charge in [-0.1, -0.05) is 46.3 Å². The molecule has 0 spiro atoms. The number of phenols is 1. The molecule has 1 heterocycles. The number of phenolic OH excluding ortho intramolecular Hbond substituents is 1. The Morgan fingerprint density at radius 3 is 2.68 bits per heavy atom. The van der Waals surface area contributed by atoms with E-state index in [1.165, 1.54) is 23.5 Å². The molecule has 3 rings (SSSR count). The van der Waals surface area contributed by atoms with E-state index in [0.717, 1.165) is 5.56 Å². The van der Waals surface area contributed by atoms with Crippen LogP contribution < -0.4 is 5.32 Å². The molecule has 0 unspecified atom stereocenters. The average molecular weight is 497 g/mol. The third-order valence-corrected chi connectivity index (χ3v) is 5.63. The van der Waals surface area contributed by atoms with Gasteiger partial charge in [-0.2, -0.15) is 5.26 Å². The Bertz CT molecular complexity index is 1200. The standard InChI is InChI=1S/C23H17BrN2O4S/c1-2-30-23(29)20-18(14-6-4-3-5-7-14)13-31-22(20)26-21(28)16(12-25)10-15-11-17(24)8-9-19(15)27/h3-11,13,27H,2H2,1H3,(H,26,28)/b16-10+. The number of anilines is 1. The Kier molecular flexibility index (Phi) is 7.23. The summed E-state index contributed by atoms with van der Waals surface area (Å²) in [7, 11) is 0. The minimum atomic E-state index is -0.700. The Hall–Kier alpha value is -3.41. The second-order valence-corrected chi connectivity index (χ2v) is 8.06. The summed E-state index contributed by atoms with van der Waals surface area (Å²) >= 11 is 4.46. The van der Waals surface area contributed by atoms with Gasteiger partial charge in [-0.3, -0.25) is 4.79 Å². The third-order valence-electron chi connectivity index (χ3n) is 4.24. The van der Waals surface area contributed by atoms with E-state index in [2.05, 4.69) is 21.2 Å². The number of aromatic hydroxyl groups is 1. The maximum atomic E-state index is 12.8. The summed E-state index contributed by atoms with van der Waals surface area (Å²) in [6.45, 7) is 1.88. The van der Waals surface area contributed by atoms with Crippen molar-refractivity contribution in [3.8, 4) is 22.9 Å². The zero-order valence-electron chi connectivity index (χ0n) is 16.4. The molecule has 0 saturated carbocycles. The van der Waals surface area contributed by atoms with E-state index >= 15 is 0 Å². The van der Waals surface area contributed by atoms with Crippen molar-refractivity contribution in [2.24, 2.45) is 0 Å². The van der Waals surface area contributed by atoms with Crippen LogP contribution in [-0.4, -0.2) is 23.6 Å². The second-order valence-electron chi connectivity index (χ2n) is 6.27. The SMILES string of the molecule is CCOC(=O)c1c(-c2ccccc2)csc1NC(=O)/C(C#N)=C/c1cc(Br)ccc1O. The van der Waals surface area contributed by atoms with Crippen LogP contribution in [0, 0.1) is 11.3 Å². The monoisotopic (exact) mass is 496 g/mol. The number of carbonyl (C=O) groups is 2. The van der Waals surface area contributed by atoms with Crippen LogP contribution in [0.25, 0.3) is 17.2 Å². The van der Waals surface area contributed by atoms with E-state index in [0.29, 0.717) is 15.6 Å². The van der Waals surface area contributed by atoms with Gasteiger partial charge in [-0.15, -0.1) is 11.3 Å². The summed E-state index contributed by atoms with van der Waals surface area (Å²) in [5.41, 5.74) is 1.75. The highest BCUT2D eigenvalue weighted by Crippen LogP contribution is 2.36. The van der Waals surface area contributed by atoms with Crippen molar-refractivity contribution in [1.29, 1.82) is 5.26 Å². The summed E-state index contributed by atoms with van der Waals surface area (Å²) in [4.78, 5) is 25.4. The van der Waals surface area contributed by atoms with Gasteiger partial charge in [0.1, 0.15) is 28.0 Å². The van der Waals surface area contributed by atoms with Gasteiger partial charge in [-0.25, -0.2) is 4.79 Å². The zero-order valence-corrected chi connectivity index (χ0v) is 18.8. The predicted octanol–water partition coefficient (Wildman–Crippen LogP) is 5.61. The number of nitrogens with one attached hydrogen (secondary N) is 1. The fourth-order valence-corrected chi connectivity index (χ4v) is 4.13. The van der Waals surface area contributed by atoms with E-state index in [1.54, 1.807) is 24.4 Å². The Morgan fingerprint density at radius 2 is 2.00 bits per heavy atom. The third kappa shape index (κ3) is 5.20. The number of carbonyl (C=O) groups excluding carboxylic acids is 2. The topological polar surface area (TPSA) is 99.4 Å². The molecule has 1 amide bonds. The largest absolute Gasteiger partial charge is 0.507 e. The van der Waals surface area contributed by atoms with Crippen molar-refractivity contribution in [2.75, 3.05) is 11.9 Å². The van der Waals surface area contributed by atoms with Crippen LogP contribution in [-0.2, 0) is 9.53 Å². The number of thiophene rings is 1. The van der Waals surface area contributed by atoms with Gasteiger partial charge in [0.15, 0.2) is 0 Å². The number of ether oxygens (including phenoxy) is 1. The van der Waals surface area contributed by atoms with Crippen molar-refractivity contribution >= 4 is 50.2 Å². The van der Waals surface area contributed by atoms with Crippen molar-refractivity contribution in [3.63, 3.8) is 0 Å². The van der Waals surface area contributed by atoms with Gasteiger partial charge < -0.3 is 15.2 Å². The van der Waals surface area contributed by atoms with E-state index in [4.69, 9.17) is 4.74 Å². The summed E-state index contributed by atoms with van der Waals surface area (Å²) in [6, 6.07) is 15.8. The average Bonchev–Trinajstić information content (AvgIpc) is 3.18. The summed E-state index contributed by atoms with van der Waals surface area (Å²) in [5.74, 6) is -1.34. The molecule has 2 N–H and O–H groups in total. The number of nitriles is 1. The Labute approximate surface area is 191 Å². The van der Waals surface area contributed by atoms with Gasteiger partial charge in [-0.05, 0) is 36.8 Å². The number of amides is 1. The maximum Gasteiger partial charge on any atom is 0.341 e. The highest BCUT2D eigenvalue weighted by Gasteiger charge is 2.23. The molecule has 0 aliphatic rings. The summed E-state index contributed by atoms with van der Waals surface area (Å²) < 4.78 is 5.87. The van der Waals surface area contributed by atoms with E-state index in [9.17, 15) is 20.0 Å². The van der Waals surface area contributed by atoms with Crippen LogP contribution >= 0.6 is 27.3 Å². The first-order valence-electron chi connectivity index (χ1n) is 9.20. The van der Waals surface area contributed by atoms with Gasteiger partial charge in [0.05, 0.1) is 6.61 Å². The molecule has 0 aliphatic heterocycles. The lowest BCUT2D eigenvalue weighted by Crippen LogP contribution is -2.16. The van der Waals surface area contributed by atoms with Gasteiger partial charge in [0.25, 0.3) is 5.91 Å². The van der Waals surface area contributed by atoms with Crippen LogP contribution in [0.4, 0.5) is 5.00 Å². The van der Waals surface area contributed by atoms with E-state index in [1.807, 2.05) is 36.4 Å². The van der Waals surface area contributed by atoms with Crippen LogP contribution in [0.1, 0.15) is 22.8 Å². The first-order chi connectivity index (χ1) is 14.9. The smallest absolute Gasteiger partial charge is 0.341 e. The molecule has 0 fully saturated rings. The van der Waals surface area contributed by atoms with Crippen LogP contribution in [0.2, 0.25) is 0 Å². The minimum absolute atomic E-state index is 0.0709. The van der Waals surface area contributed by atoms with Crippen LogP contribution in [0.5, 0.6) is 5.75 Å². The molecule has 156 valence electrons. The van der Waals surface area contributed by atoms with Gasteiger partial charge in [0, 0.05) is 21.0 Å². The summed E-state index contributed by atoms with van der Waals surface area (Å²) in [5, 5.41) is 24.1. The molecule has 3 aromatic rings. The number of rotatable bonds is 6. The number of halogens is 1. The fourth-order valence-electron chi connectivity index (χ4n) is 2.80. The first-order valence-corrected chi connectivity index (χ1v) is 10.9. The minimum Gasteiger partial charge on any atom is -0.507 e. The lowest BCUT2D eigenvalue weighted by molar-refractivity contribution is -0.112.